The summed E-state index contributed by atoms with van der Waals surface area (Å²) in [5.41, 5.74) is 5.33. The number of fused-ring (bicyclic) bond motifs is 5. The Bertz CT molecular complexity index is 1200. The van der Waals surface area contributed by atoms with E-state index in [0.29, 0.717) is 23.5 Å². The Hall–Kier alpha value is -3.23. The van der Waals surface area contributed by atoms with E-state index in [2.05, 4.69) is 42.9 Å². The Labute approximate surface area is 191 Å². The van der Waals surface area contributed by atoms with Crippen LogP contribution in [0.5, 0.6) is 5.75 Å². The van der Waals surface area contributed by atoms with Crippen LogP contribution in [-0.2, 0) is 11.2 Å². The lowest BCUT2D eigenvalue weighted by Crippen LogP contribution is -2.42. The van der Waals surface area contributed by atoms with Gasteiger partial charge in [0.1, 0.15) is 5.75 Å². The number of aryl methyl sites for hydroxylation is 1. The van der Waals surface area contributed by atoms with Crippen molar-refractivity contribution in [3.63, 3.8) is 0 Å². The third-order valence-corrected chi connectivity index (χ3v) is 8.09. The molecule has 2 heteroatoms. The smallest absolute Gasteiger partial charge is 0.165 e. The second-order valence-electron chi connectivity index (χ2n) is 9.63. The highest BCUT2D eigenvalue weighted by atomic mass is 16.5. The molecule has 0 N–H and O–H groups in total. The highest BCUT2D eigenvalue weighted by Crippen LogP contribution is 2.60. The molecular weight excluding hydrogens is 392 g/mol. The highest BCUT2D eigenvalue weighted by Gasteiger charge is 2.56. The predicted molar refractivity (Wildman–Crippen MR) is 127 cm³/mol. The number of allylic oxidation sites excluding steroid dienone is 2. The number of carbonyl (C=O) groups is 1. The van der Waals surface area contributed by atoms with Crippen LogP contribution in [0.2, 0.25) is 0 Å². The Morgan fingerprint density at radius 1 is 1.12 bits per heavy atom. The number of ketones is 1. The largest absolute Gasteiger partial charge is 0.497 e. The van der Waals surface area contributed by atoms with Crippen molar-refractivity contribution in [2.75, 3.05) is 7.11 Å². The summed E-state index contributed by atoms with van der Waals surface area (Å²) in [4.78, 5) is 13.4. The summed E-state index contributed by atoms with van der Waals surface area (Å²) in [5, 5.41) is 0. The number of carbonyl (C=O) groups excluding carboxylic acids is 1. The molecule has 160 valence electrons. The minimum Gasteiger partial charge on any atom is -0.497 e. The van der Waals surface area contributed by atoms with Crippen molar-refractivity contribution in [2.45, 2.75) is 44.9 Å². The first-order chi connectivity index (χ1) is 15.5. The van der Waals surface area contributed by atoms with Crippen molar-refractivity contribution in [1.82, 2.24) is 0 Å². The molecule has 0 heterocycles. The minimum atomic E-state index is -0.243. The Morgan fingerprint density at radius 2 is 1.91 bits per heavy atom. The molecule has 2 saturated carbocycles. The third-order valence-electron chi connectivity index (χ3n) is 8.09. The van der Waals surface area contributed by atoms with E-state index in [1.807, 2.05) is 30.3 Å². The molecule has 0 aliphatic heterocycles. The Balaban J connectivity index is 1.39. The van der Waals surface area contributed by atoms with Crippen molar-refractivity contribution in [3.05, 3.63) is 76.4 Å². The molecule has 2 nitrogen and oxygen atoms in total. The van der Waals surface area contributed by atoms with Gasteiger partial charge in [-0.05, 0) is 103 Å². The van der Waals surface area contributed by atoms with Gasteiger partial charge in [-0.25, -0.2) is 0 Å². The zero-order valence-electron chi connectivity index (χ0n) is 18.8. The van der Waals surface area contributed by atoms with Crippen LogP contribution in [-0.4, -0.2) is 12.9 Å². The molecule has 2 aromatic rings. The monoisotopic (exact) mass is 420 g/mol. The van der Waals surface area contributed by atoms with Crippen LogP contribution in [0.25, 0.3) is 0 Å². The van der Waals surface area contributed by atoms with Crippen molar-refractivity contribution in [1.29, 1.82) is 0 Å². The number of terminal acetylenes is 1. The van der Waals surface area contributed by atoms with E-state index in [1.165, 1.54) is 11.1 Å². The second-order valence-corrected chi connectivity index (χ2v) is 9.63. The average Bonchev–Trinajstić information content (AvgIpc) is 3.09. The van der Waals surface area contributed by atoms with Crippen molar-refractivity contribution >= 4 is 5.78 Å². The molecule has 0 unspecified atom stereocenters. The summed E-state index contributed by atoms with van der Waals surface area (Å²) in [6, 6.07) is 14.2. The number of rotatable bonds is 1. The molecule has 2 fully saturated rings. The molecule has 0 saturated heterocycles. The minimum absolute atomic E-state index is 0.243. The van der Waals surface area contributed by atoms with Crippen LogP contribution in [0.3, 0.4) is 0 Å². The molecule has 0 bridgehead atoms. The van der Waals surface area contributed by atoms with Gasteiger partial charge in [-0.15, -0.1) is 6.42 Å². The van der Waals surface area contributed by atoms with Gasteiger partial charge in [0.2, 0.25) is 0 Å². The number of hydrogen-bond acceptors (Lipinski definition) is 2. The normalized spacial score (nSPS) is 29.2. The summed E-state index contributed by atoms with van der Waals surface area (Å²) < 4.78 is 5.44. The van der Waals surface area contributed by atoms with Crippen LogP contribution < -0.4 is 4.74 Å². The van der Waals surface area contributed by atoms with Crippen LogP contribution in [0, 0.1) is 41.4 Å². The van der Waals surface area contributed by atoms with E-state index < -0.39 is 0 Å². The SMILES string of the molecule is C#Cc1ccc(C#C/C=C2\C[C@H]3[C@@H]4CCc5cc(OC)ccc5[C@H]4CC[C@@]3(C)C2=O)cc1. The molecule has 2 aromatic carbocycles. The second kappa shape index (κ2) is 8.03. The molecule has 0 amide bonds. The lowest BCUT2D eigenvalue weighted by molar-refractivity contribution is -0.127. The van der Waals surface area contributed by atoms with Crippen LogP contribution in [0.1, 0.15) is 60.8 Å². The average molecular weight is 421 g/mol. The topological polar surface area (TPSA) is 26.3 Å². The van der Waals surface area contributed by atoms with Gasteiger partial charge in [0.05, 0.1) is 7.11 Å². The molecule has 3 aliphatic carbocycles. The Kier molecular flexibility index (Phi) is 5.19. The molecular formula is C30H28O2. The van der Waals surface area contributed by atoms with Gasteiger partial charge in [0.15, 0.2) is 5.78 Å². The fourth-order valence-corrected chi connectivity index (χ4v) is 6.34. The molecule has 0 spiro atoms. The maximum atomic E-state index is 13.4. The highest BCUT2D eigenvalue weighted by molar-refractivity contribution is 6.03. The van der Waals surface area contributed by atoms with E-state index in [0.717, 1.165) is 54.6 Å². The van der Waals surface area contributed by atoms with Gasteiger partial charge >= 0.3 is 0 Å². The quantitative estimate of drug-likeness (QED) is 0.438. The van der Waals surface area contributed by atoms with E-state index in [9.17, 15) is 4.79 Å². The molecule has 0 radical (unpaired) electrons. The van der Waals surface area contributed by atoms with Gasteiger partial charge in [0, 0.05) is 22.1 Å². The molecule has 0 aromatic heterocycles. The molecule has 5 rings (SSSR count). The van der Waals surface area contributed by atoms with Gasteiger partial charge in [-0.3, -0.25) is 4.79 Å². The van der Waals surface area contributed by atoms with E-state index in [1.54, 1.807) is 7.11 Å². The number of benzene rings is 2. The first-order valence-corrected chi connectivity index (χ1v) is 11.5. The fourth-order valence-electron chi connectivity index (χ4n) is 6.34. The molecule has 4 atom stereocenters. The van der Waals surface area contributed by atoms with E-state index in [4.69, 9.17) is 11.2 Å². The van der Waals surface area contributed by atoms with Crippen LogP contribution >= 0.6 is 0 Å². The van der Waals surface area contributed by atoms with Crippen LogP contribution in [0.15, 0.2) is 54.1 Å². The van der Waals surface area contributed by atoms with Crippen LogP contribution in [0.4, 0.5) is 0 Å². The first kappa shape index (κ1) is 20.7. The van der Waals surface area contributed by atoms with Gasteiger partial charge in [-0.2, -0.15) is 0 Å². The number of Topliss-reactive ketones (excluding diaryl/α,β-unsaturated/α-hetero) is 1. The lowest BCUT2D eigenvalue weighted by Gasteiger charge is -2.48. The Morgan fingerprint density at radius 3 is 2.66 bits per heavy atom. The van der Waals surface area contributed by atoms with Crippen molar-refractivity contribution < 1.29 is 9.53 Å². The predicted octanol–water partition coefficient (Wildman–Crippen LogP) is 5.69. The summed E-state index contributed by atoms with van der Waals surface area (Å²) in [6.45, 7) is 2.20. The summed E-state index contributed by atoms with van der Waals surface area (Å²) >= 11 is 0. The summed E-state index contributed by atoms with van der Waals surface area (Å²) in [7, 11) is 1.73. The van der Waals surface area contributed by atoms with Gasteiger partial charge in [-0.1, -0.05) is 30.8 Å². The standard InChI is InChI=1S/C30H28O2/c1-4-20-8-10-21(11-9-20)6-5-7-23-19-28-27-14-12-22-18-24(32-3)13-15-25(22)26(27)16-17-30(28,2)29(23)31/h1,7-11,13,15,18,26-28H,12,14,16-17,19H2,2-3H3/b23-7+/t26-,27-,28+,30-/m1/s1. The molecule has 3 aliphatic rings. The number of hydrogen-bond donors (Lipinski definition) is 0. The fraction of sp³-hybridized carbons (Fsp3) is 0.367. The summed E-state index contributed by atoms with van der Waals surface area (Å²) in [5.74, 6) is 11.7. The van der Waals surface area contributed by atoms with Crippen molar-refractivity contribution in [2.24, 2.45) is 17.3 Å². The van der Waals surface area contributed by atoms with Crippen molar-refractivity contribution in [3.8, 4) is 29.9 Å². The zero-order valence-corrected chi connectivity index (χ0v) is 18.8. The van der Waals surface area contributed by atoms with Gasteiger partial charge in [0.25, 0.3) is 0 Å². The first-order valence-electron chi connectivity index (χ1n) is 11.5. The lowest BCUT2D eigenvalue weighted by atomic mass is 9.55. The zero-order chi connectivity index (χ0) is 22.3. The van der Waals surface area contributed by atoms with E-state index in [-0.39, 0.29) is 5.41 Å². The summed E-state index contributed by atoms with van der Waals surface area (Å²) in [6.07, 6.45) is 12.4. The van der Waals surface area contributed by atoms with E-state index >= 15 is 0 Å². The number of methoxy groups -OCH3 is 1. The third kappa shape index (κ3) is 3.36. The van der Waals surface area contributed by atoms with Gasteiger partial charge < -0.3 is 4.74 Å². The number of ether oxygens (including phenoxy) is 1. The maximum absolute atomic E-state index is 13.4. The maximum Gasteiger partial charge on any atom is 0.165 e. The molecule has 32 heavy (non-hydrogen) atoms.